The van der Waals surface area contributed by atoms with Gasteiger partial charge in [-0.05, 0) is 38.2 Å². The minimum atomic E-state index is -0.0827. The van der Waals surface area contributed by atoms with E-state index in [2.05, 4.69) is 28.4 Å². The van der Waals surface area contributed by atoms with E-state index in [1.807, 2.05) is 0 Å². The van der Waals surface area contributed by atoms with Crippen molar-refractivity contribution in [3.8, 4) is 0 Å². The molecule has 5 nitrogen and oxygen atoms in total. The van der Waals surface area contributed by atoms with Crippen LogP contribution >= 0.6 is 11.5 Å². The second-order valence-electron chi connectivity index (χ2n) is 4.17. The number of rotatable bonds is 5. The van der Waals surface area contributed by atoms with Crippen molar-refractivity contribution < 1.29 is 4.79 Å². The average Bonchev–Trinajstić information content (AvgIpc) is 3.03. The summed E-state index contributed by atoms with van der Waals surface area (Å²) in [6.45, 7) is 5.81. The SMILES string of the molecule is CCN(CC)c1snc(N)c1C(=O)NC1CC1. The molecule has 17 heavy (non-hydrogen) atoms. The fraction of sp³-hybridized carbons (Fsp3) is 0.636. The molecule has 1 aromatic rings. The highest BCUT2D eigenvalue weighted by molar-refractivity contribution is 7.11. The first-order valence-corrected chi connectivity index (χ1v) is 6.75. The van der Waals surface area contributed by atoms with E-state index in [9.17, 15) is 4.79 Å². The van der Waals surface area contributed by atoms with Gasteiger partial charge in [0.2, 0.25) is 0 Å². The van der Waals surface area contributed by atoms with Crippen LogP contribution in [-0.2, 0) is 0 Å². The van der Waals surface area contributed by atoms with Gasteiger partial charge in [-0.2, -0.15) is 4.37 Å². The predicted octanol–water partition coefficient (Wildman–Crippen LogP) is 1.46. The summed E-state index contributed by atoms with van der Waals surface area (Å²) in [6, 6.07) is 0.339. The molecule has 1 aliphatic carbocycles. The van der Waals surface area contributed by atoms with Crippen molar-refractivity contribution in [2.75, 3.05) is 23.7 Å². The number of nitrogen functional groups attached to an aromatic ring is 1. The molecule has 1 aliphatic rings. The van der Waals surface area contributed by atoms with Gasteiger partial charge in [-0.15, -0.1) is 0 Å². The van der Waals surface area contributed by atoms with E-state index < -0.39 is 0 Å². The van der Waals surface area contributed by atoms with Crippen LogP contribution in [0.2, 0.25) is 0 Å². The molecule has 0 atom stereocenters. The van der Waals surface area contributed by atoms with Gasteiger partial charge in [0.15, 0.2) is 5.82 Å². The van der Waals surface area contributed by atoms with E-state index in [0.29, 0.717) is 17.4 Å². The van der Waals surface area contributed by atoms with Crippen molar-refractivity contribution >= 4 is 28.3 Å². The van der Waals surface area contributed by atoms with Crippen LogP contribution in [0.4, 0.5) is 10.8 Å². The summed E-state index contributed by atoms with van der Waals surface area (Å²) >= 11 is 1.30. The lowest BCUT2D eigenvalue weighted by atomic mass is 10.2. The summed E-state index contributed by atoms with van der Waals surface area (Å²) in [6.07, 6.45) is 2.15. The Hall–Kier alpha value is -1.30. The molecule has 1 fully saturated rings. The van der Waals surface area contributed by atoms with Gasteiger partial charge in [-0.3, -0.25) is 4.79 Å². The number of anilines is 2. The lowest BCUT2D eigenvalue weighted by molar-refractivity contribution is 0.0952. The van der Waals surface area contributed by atoms with E-state index in [0.717, 1.165) is 30.9 Å². The molecule has 0 saturated heterocycles. The summed E-state index contributed by atoms with van der Waals surface area (Å²) < 4.78 is 4.10. The zero-order valence-corrected chi connectivity index (χ0v) is 11.0. The first-order valence-electron chi connectivity index (χ1n) is 5.98. The Bertz CT molecular complexity index is 410. The summed E-state index contributed by atoms with van der Waals surface area (Å²) in [5.41, 5.74) is 6.34. The summed E-state index contributed by atoms with van der Waals surface area (Å²) in [7, 11) is 0. The molecule has 1 saturated carbocycles. The molecule has 1 heterocycles. The monoisotopic (exact) mass is 254 g/mol. The van der Waals surface area contributed by atoms with E-state index in [-0.39, 0.29) is 5.91 Å². The maximum Gasteiger partial charge on any atom is 0.258 e. The molecule has 94 valence electrons. The first kappa shape index (κ1) is 12.2. The van der Waals surface area contributed by atoms with Crippen molar-refractivity contribution in [3.05, 3.63) is 5.56 Å². The zero-order chi connectivity index (χ0) is 12.4. The number of nitrogens with zero attached hydrogens (tertiary/aromatic N) is 2. The Labute approximate surface area is 105 Å². The third-order valence-corrected chi connectivity index (χ3v) is 3.81. The van der Waals surface area contributed by atoms with Crippen molar-refractivity contribution in [2.24, 2.45) is 0 Å². The lowest BCUT2D eigenvalue weighted by Crippen LogP contribution is -2.29. The molecule has 1 amide bonds. The van der Waals surface area contributed by atoms with Gasteiger partial charge < -0.3 is 16.0 Å². The quantitative estimate of drug-likeness (QED) is 0.834. The highest BCUT2D eigenvalue weighted by Crippen LogP contribution is 2.31. The van der Waals surface area contributed by atoms with Gasteiger partial charge in [0.05, 0.1) is 0 Å². The van der Waals surface area contributed by atoms with Crippen LogP contribution in [0.15, 0.2) is 0 Å². The molecular formula is C11H18N4OS. The predicted molar refractivity (Wildman–Crippen MR) is 70.6 cm³/mol. The average molecular weight is 254 g/mol. The molecule has 6 heteroatoms. The molecular weight excluding hydrogens is 236 g/mol. The summed E-state index contributed by atoms with van der Waals surface area (Å²) in [5, 5.41) is 3.84. The van der Waals surface area contributed by atoms with Gasteiger partial charge in [0, 0.05) is 19.1 Å². The standard InChI is InChI=1S/C11H18N4OS/c1-3-15(4-2)11-8(9(12)14-17-11)10(16)13-7-5-6-7/h7H,3-6H2,1-2H3,(H2,12,14)(H,13,16). The van der Waals surface area contributed by atoms with Gasteiger partial charge in [-0.1, -0.05) is 0 Å². The second-order valence-corrected chi connectivity index (χ2v) is 4.92. The van der Waals surface area contributed by atoms with Crippen LogP contribution in [0.3, 0.4) is 0 Å². The van der Waals surface area contributed by atoms with Crippen LogP contribution in [0, 0.1) is 0 Å². The maximum absolute atomic E-state index is 12.1. The number of carbonyl (C=O) groups is 1. The fourth-order valence-corrected chi connectivity index (χ4v) is 2.66. The third kappa shape index (κ3) is 2.52. The van der Waals surface area contributed by atoms with Crippen LogP contribution in [0.5, 0.6) is 0 Å². The lowest BCUT2D eigenvalue weighted by Gasteiger charge is -2.19. The largest absolute Gasteiger partial charge is 0.382 e. The van der Waals surface area contributed by atoms with Crippen molar-refractivity contribution in [2.45, 2.75) is 32.7 Å². The van der Waals surface area contributed by atoms with E-state index in [1.165, 1.54) is 11.5 Å². The molecule has 1 aromatic heterocycles. The topological polar surface area (TPSA) is 71.2 Å². The Kier molecular flexibility index (Phi) is 3.51. The summed E-state index contributed by atoms with van der Waals surface area (Å²) in [4.78, 5) is 14.2. The van der Waals surface area contributed by atoms with Crippen LogP contribution in [0.1, 0.15) is 37.0 Å². The number of hydrogen-bond donors (Lipinski definition) is 2. The third-order valence-electron chi connectivity index (χ3n) is 2.89. The minimum absolute atomic E-state index is 0.0827. The minimum Gasteiger partial charge on any atom is -0.382 e. The number of nitrogens with two attached hydrogens (primary N) is 1. The maximum atomic E-state index is 12.1. The van der Waals surface area contributed by atoms with Crippen LogP contribution < -0.4 is 16.0 Å². The second kappa shape index (κ2) is 4.91. The number of aromatic nitrogens is 1. The zero-order valence-electron chi connectivity index (χ0n) is 10.2. The van der Waals surface area contributed by atoms with Gasteiger partial charge in [-0.25, -0.2) is 0 Å². The molecule has 2 rings (SSSR count). The molecule has 0 aliphatic heterocycles. The highest BCUT2D eigenvalue weighted by Gasteiger charge is 2.28. The normalized spacial score (nSPS) is 14.7. The Morgan fingerprint density at radius 1 is 1.53 bits per heavy atom. The Morgan fingerprint density at radius 2 is 2.18 bits per heavy atom. The van der Waals surface area contributed by atoms with Crippen LogP contribution in [-0.4, -0.2) is 29.4 Å². The van der Waals surface area contributed by atoms with Crippen LogP contribution in [0.25, 0.3) is 0 Å². The summed E-state index contributed by atoms with van der Waals surface area (Å²) in [5.74, 6) is 0.260. The molecule has 0 radical (unpaired) electrons. The molecule has 0 aromatic carbocycles. The Balaban J connectivity index is 2.23. The number of amides is 1. The molecule has 0 unspecified atom stereocenters. The van der Waals surface area contributed by atoms with Crippen molar-refractivity contribution in [1.82, 2.24) is 9.69 Å². The van der Waals surface area contributed by atoms with Crippen molar-refractivity contribution in [1.29, 1.82) is 0 Å². The van der Waals surface area contributed by atoms with Gasteiger partial charge in [0.25, 0.3) is 5.91 Å². The molecule has 0 bridgehead atoms. The van der Waals surface area contributed by atoms with E-state index in [1.54, 1.807) is 0 Å². The smallest absolute Gasteiger partial charge is 0.258 e. The number of nitrogens with one attached hydrogen (secondary N) is 1. The first-order chi connectivity index (χ1) is 8.17. The van der Waals surface area contributed by atoms with E-state index in [4.69, 9.17) is 5.73 Å². The number of hydrogen-bond acceptors (Lipinski definition) is 5. The highest BCUT2D eigenvalue weighted by atomic mass is 32.1. The van der Waals surface area contributed by atoms with E-state index >= 15 is 0 Å². The number of carbonyl (C=O) groups excluding carboxylic acids is 1. The van der Waals surface area contributed by atoms with Gasteiger partial charge >= 0.3 is 0 Å². The van der Waals surface area contributed by atoms with Crippen molar-refractivity contribution in [3.63, 3.8) is 0 Å². The Morgan fingerprint density at radius 3 is 2.71 bits per heavy atom. The molecule has 3 N–H and O–H groups in total. The van der Waals surface area contributed by atoms with Gasteiger partial charge in [0.1, 0.15) is 10.6 Å². The molecule has 0 spiro atoms. The fourth-order valence-electron chi connectivity index (χ4n) is 1.72.